The van der Waals surface area contributed by atoms with Crippen LogP contribution in [-0.4, -0.2) is 39.7 Å². The number of hydrogen-bond donors (Lipinski definition) is 2. The molecule has 0 fully saturated rings. The standard InChI is InChI=1S/C28H26ClF2N5O2/c1-2-3-15-35(28(38)32-24-14-11-21(30)16-23(24)31)18-27(37)33-26-17-25(19-7-5-4-6-8-19)34-36(26)22-12-9-20(29)10-13-22/h4-14,16-17H,2-3,15,18H2,1H3,(H,32,38)(H,33,37). The highest BCUT2D eigenvalue weighted by molar-refractivity contribution is 6.30. The number of anilines is 2. The largest absolute Gasteiger partial charge is 0.322 e. The summed E-state index contributed by atoms with van der Waals surface area (Å²) in [5, 5.41) is 10.5. The first-order valence-electron chi connectivity index (χ1n) is 12.1. The highest BCUT2D eigenvalue weighted by Gasteiger charge is 2.20. The average Bonchev–Trinajstić information content (AvgIpc) is 3.32. The van der Waals surface area contributed by atoms with E-state index in [9.17, 15) is 18.4 Å². The molecule has 0 aliphatic heterocycles. The molecule has 1 heterocycles. The first-order chi connectivity index (χ1) is 18.3. The number of aromatic nitrogens is 2. The van der Waals surface area contributed by atoms with E-state index in [1.54, 1.807) is 35.0 Å². The van der Waals surface area contributed by atoms with Crippen LogP contribution in [0.5, 0.6) is 0 Å². The van der Waals surface area contributed by atoms with Gasteiger partial charge in [-0.15, -0.1) is 0 Å². The molecule has 4 rings (SSSR count). The Kier molecular flexibility index (Phi) is 8.70. The van der Waals surface area contributed by atoms with Gasteiger partial charge < -0.3 is 15.5 Å². The molecule has 0 saturated carbocycles. The zero-order valence-corrected chi connectivity index (χ0v) is 21.4. The minimum atomic E-state index is -0.904. The maximum absolute atomic E-state index is 14.1. The van der Waals surface area contributed by atoms with Crippen molar-refractivity contribution in [2.45, 2.75) is 19.8 Å². The number of amides is 3. The van der Waals surface area contributed by atoms with Crippen LogP contribution in [0.2, 0.25) is 5.02 Å². The molecule has 1 aromatic heterocycles. The Bertz CT molecular complexity index is 1410. The van der Waals surface area contributed by atoms with Gasteiger partial charge in [-0.1, -0.05) is 55.3 Å². The lowest BCUT2D eigenvalue weighted by Crippen LogP contribution is -2.41. The van der Waals surface area contributed by atoms with Crippen LogP contribution in [0.1, 0.15) is 19.8 Å². The van der Waals surface area contributed by atoms with E-state index in [2.05, 4.69) is 15.7 Å². The molecule has 0 aliphatic carbocycles. The molecule has 0 atom stereocenters. The van der Waals surface area contributed by atoms with Crippen LogP contribution < -0.4 is 10.6 Å². The van der Waals surface area contributed by atoms with E-state index < -0.39 is 23.6 Å². The van der Waals surface area contributed by atoms with E-state index in [1.165, 1.54) is 4.90 Å². The van der Waals surface area contributed by atoms with Gasteiger partial charge in [0.15, 0.2) is 0 Å². The smallest absolute Gasteiger partial charge is 0.315 e. The van der Waals surface area contributed by atoms with Gasteiger partial charge in [0.1, 0.15) is 24.0 Å². The minimum absolute atomic E-state index is 0.174. The number of nitrogens with one attached hydrogen (secondary N) is 2. The zero-order chi connectivity index (χ0) is 27.1. The summed E-state index contributed by atoms with van der Waals surface area (Å²) in [5.41, 5.74) is 2.01. The Morgan fingerprint density at radius 3 is 2.39 bits per heavy atom. The fourth-order valence-corrected chi connectivity index (χ4v) is 3.87. The second kappa shape index (κ2) is 12.3. The number of unbranched alkanes of at least 4 members (excludes halogenated alkanes) is 1. The van der Waals surface area contributed by atoms with Gasteiger partial charge in [-0.05, 0) is 42.8 Å². The molecule has 0 saturated heterocycles. The van der Waals surface area contributed by atoms with Crippen LogP contribution in [0.25, 0.3) is 16.9 Å². The van der Waals surface area contributed by atoms with Gasteiger partial charge in [-0.25, -0.2) is 18.3 Å². The molecule has 0 spiro atoms. The molecule has 0 aliphatic rings. The molecule has 38 heavy (non-hydrogen) atoms. The Labute approximate surface area is 224 Å². The van der Waals surface area contributed by atoms with E-state index in [0.717, 1.165) is 24.1 Å². The lowest BCUT2D eigenvalue weighted by Gasteiger charge is -2.22. The first kappa shape index (κ1) is 26.8. The molecule has 2 N–H and O–H groups in total. The summed E-state index contributed by atoms with van der Waals surface area (Å²) in [6.45, 7) is 1.93. The normalized spacial score (nSPS) is 10.7. The fraction of sp³-hybridized carbons (Fsp3) is 0.179. The number of benzene rings is 3. The molecule has 0 unspecified atom stereocenters. The monoisotopic (exact) mass is 537 g/mol. The van der Waals surface area contributed by atoms with Gasteiger partial charge >= 0.3 is 6.03 Å². The lowest BCUT2D eigenvalue weighted by atomic mass is 10.1. The number of hydrogen-bond acceptors (Lipinski definition) is 3. The van der Waals surface area contributed by atoms with E-state index in [1.807, 2.05) is 37.3 Å². The third-order valence-electron chi connectivity index (χ3n) is 5.69. The van der Waals surface area contributed by atoms with Crippen molar-refractivity contribution in [1.82, 2.24) is 14.7 Å². The highest BCUT2D eigenvalue weighted by Crippen LogP contribution is 2.25. The lowest BCUT2D eigenvalue weighted by molar-refractivity contribution is -0.116. The Balaban J connectivity index is 1.55. The molecular weight excluding hydrogens is 512 g/mol. The van der Waals surface area contributed by atoms with Gasteiger partial charge in [0, 0.05) is 29.3 Å². The topological polar surface area (TPSA) is 79.3 Å². The number of nitrogens with zero attached hydrogens (tertiary/aromatic N) is 3. The summed E-state index contributed by atoms with van der Waals surface area (Å²) < 4.78 is 28.9. The van der Waals surface area contributed by atoms with Crippen LogP contribution >= 0.6 is 11.6 Å². The second-order valence-electron chi connectivity index (χ2n) is 8.55. The number of urea groups is 1. The van der Waals surface area contributed by atoms with Crippen molar-refractivity contribution in [2.24, 2.45) is 0 Å². The maximum Gasteiger partial charge on any atom is 0.322 e. The molecule has 0 bridgehead atoms. The number of halogens is 3. The van der Waals surface area contributed by atoms with E-state index in [-0.39, 0.29) is 18.8 Å². The molecule has 0 radical (unpaired) electrons. The SMILES string of the molecule is CCCCN(CC(=O)Nc1cc(-c2ccccc2)nn1-c1ccc(Cl)cc1)C(=O)Nc1ccc(F)cc1F. The van der Waals surface area contributed by atoms with Crippen molar-refractivity contribution in [1.29, 1.82) is 0 Å². The Hall–Kier alpha value is -4.24. The van der Waals surface area contributed by atoms with Crippen LogP contribution in [0.4, 0.5) is 25.1 Å². The fourth-order valence-electron chi connectivity index (χ4n) is 3.74. The highest BCUT2D eigenvalue weighted by atomic mass is 35.5. The molecule has 10 heteroatoms. The van der Waals surface area contributed by atoms with Crippen molar-refractivity contribution in [3.05, 3.63) is 95.5 Å². The van der Waals surface area contributed by atoms with Crippen LogP contribution in [0, 0.1) is 11.6 Å². The maximum atomic E-state index is 14.1. The van der Waals surface area contributed by atoms with Crippen molar-refractivity contribution in [3.8, 4) is 16.9 Å². The predicted molar refractivity (Wildman–Crippen MR) is 144 cm³/mol. The summed E-state index contributed by atoms with van der Waals surface area (Å²) in [6, 6.07) is 20.4. The van der Waals surface area contributed by atoms with Gasteiger partial charge in [-0.3, -0.25) is 4.79 Å². The quantitative estimate of drug-likeness (QED) is 0.248. The van der Waals surface area contributed by atoms with Crippen LogP contribution in [0.3, 0.4) is 0 Å². The third-order valence-corrected chi connectivity index (χ3v) is 5.95. The first-order valence-corrected chi connectivity index (χ1v) is 12.4. The van der Waals surface area contributed by atoms with Crippen molar-refractivity contribution in [3.63, 3.8) is 0 Å². The van der Waals surface area contributed by atoms with Crippen molar-refractivity contribution in [2.75, 3.05) is 23.7 Å². The number of carbonyl (C=O) groups excluding carboxylic acids is 2. The summed E-state index contributed by atoms with van der Waals surface area (Å²) in [4.78, 5) is 27.3. The van der Waals surface area contributed by atoms with Crippen molar-refractivity contribution >= 4 is 35.0 Å². The summed E-state index contributed by atoms with van der Waals surface area (Å²) in [5.74, 6) is -1.73. The average molecular weight is 538 g/mol. The Morgan fingerprint density at radius 1 is 0.974 bits per heavy atom. The summed E-state index contributed by atoms with van der Waals surface area (Å²) in [7, 11) is 0. The Morgan fingerprint density at radius 2 is 1.71 bits per heavy atom. The van der Waals surface area contributed by atoms with E-state index >= 15 is 0 Å². The zero-order valence-electron chi connectivity index (χ0n) is 20.6. The number of carbonyl (C=O) groups is 2. The van der Waals surface area contributed by atoms with Crippen LogP contribution in [-0.2, 0) is 4.79 Å². The van der Waals surface area contributed by atoms with Crippen molar-refractivity contribution < 1.29 is 18.4 Å². The van der Waals surface area contributed by atoms with Crippen LogP contribution in [0.15, 0.2) is 78.9 Å². The summed E-state index contributed by atoms with van der Waals surface area (Å²) in [6.07, 6.45) is 1.41. The van der Waals surface area contributed by atoms with E-state index in [0.29, 0.717) is 34.7 Å². The summed E-state index contributed by atoms with van der Waals surface area (Å²) >= 11 is 6.04. The number of rotatable bonds is 9. The van der Waals surface area contributed by atoms with Gasteiger partial charge in [-0.2, -0.15) is 5.10 Å². The predicted octanol–water partition coefficient (Wildman–Crippen LogP) is 6.74. The molecule has 3 aromatic carbocycles. The molecule has 7 nitrogen and oxygen atoms in total. The van der Waals surface area contributed by atoms with Gasteiger partial charge in [0.2, 0.25) is 5.91 Å². The second-order valence-corrected chi connectivity index (χ2v) is 8.98. The third kappa shape index (κ3) is 6.74. The van der Waals surface area contributed by atoms with E-state index in [4.69, 9.17) is 11.6 Å². The molecular formula is C28H26ClF2N5O2. The molecule has 196 valence electrons. The van der Waals surface area contributed by atoms with Gasteiger partial charge in [0.05, 0.1) is 17.1 Å². The molecule has 3 amide bonds. The van der Waals surface area contributed by atoms with Gasteiger partial charge in [0.25, 0.3) is 0 Å². The molecule has 4 aromatic rings. The minimum Gasteiger partial charge on any atom is -0.315 e.